The van der Waals surface area contributed by atoms with Gasteiger partial charge in [-0.3, -0.25) is 9.80 Å². The summed E-state index contributed by atoms with van der Waals surface area (Å²) in [7, 11) is 3.37. The first kappa shape index (κ1) is 22.0. The second-order valence-corrected chi connectivity index (χ2v) is 9.62. The standard InChI is InChI=1S/C23H36N6O2/c1-23(2,3)29-22(24-25-26-29)20(18-11-8-12-19(30-4)21(18)31-5)28-15-13-27(14-16-28)17-9-6-7-10-17/h8,11-12,17,20H,6-7,9-10,13-16H2,1-5H3. The highest BCUT2D eigenvalue weighted by Gasteiger charge is 2.36. The summed E-state index contributed by atoms with van der Waals surface area (Å²) in [6, 6.07) is 6.71. The molecule has 8 heteroatoms. The van der Waals surface area contributed by atoms with Gasteiger partial charge >= 0.3 is 0 Å². The monoisotopic (exact) mass is 428 g/mol. The molecule has 0 amide bonds. The number of piperazine rings is 1. The number of ether oxygens (including phenoxy) is 2. The zero-order valence-electron chi connectivity index (χ0n) is 19.5. The zero-order valence-corrected chi connectivity index (χ0v) is 19.5. The van der Waals surface area contributed by atoms with Gasteiger partial charge in [-0.25, -0.2) is 4.68 Å². The first-order chi connectivity index (χ1) is 14.9. The number of benzene rings is 1. The lowest BCUT2D eigenvalue weighted by Gasteiger charge is -2.41. The fraction of sp³-hybridized carbons (Fsp3) is 0.696. The summed E-state index contributed by atoms with van der Waals surface area (Å²) in [5.41, 5.74) is 0.811. The zero-order chi connectivity index (χ0) is 22.0. The Kier molecular flexibility index (Phi) is 6.48. The van der Waals surface area contributed by atoms with E-state index in [-0.39, 0.29) is 11.6 Å². The van der Waals surface area contributed by atoms with Crippen LogP contribution in [0, 0.1) is 0 Å². The third-order valence-corrected chi connectivity index (χ3v) is 6.66. The normalized spacial score (nSPS) is 20.2. The van der Waals surface area contributed by atoms with E-state index < -0.39 is 0 Å². The molecule has 31 heavy (non-hydrogen) atoms. The second-order valence-electron chi connectivity index (χ2n) is 9.62. The van der Waals surface area contributed by atoms with Crippen LogP contribution in [0.15, 0.2) is 18.2 Å². The molecule has 1 atom stereocenters. The maximum absolute atomic E-state index is 5.83. The van der Waals surface area contributed by atoms with Crippen LogP contribution in [0.5, 0.6) is 11.5 Å². The first-order valence-corrected chi connectivity index (χ1v) is 11.4. The van der Waals surface area contributed by atoms with Crippen molar-refractivity contribution in [3.63, 3.8) is 0 Å². The van der Waals surface area contributed by atoms with E-state index in [1.54, 1.807) is 14.2 Å². The van der Waals surface area contributed by atoms with Crippen molar-refractivity contribution in [2.24, 2.45) is 0 Å². The van der Waals surface area contributed by atoms with Crippen LogP contribution in [-0.4, -0.2) is 76.4 Å². The van der Waals surface area contributed by atoms with Crippen LogP contribution in [0.3, 0.4) is 0 Å². The highest BCUT2D eigenvalue weighted by atomic mass is 16.5. The summed E-state index contributed by atoms with van der Waals surface area (Å²) in [5.74, 6) is 2.31. The molecule has 0 N–H and O–H groups in total. The molecule has 0 bridgehead atoms. The first-order valence-electron chi connectivity index (χ1n) is 11.4. The lowest BCUT2D eigenvalue weighted by molar-refractivity contribution is 0.0747. The van der Waals surface area contributed by atoms with Gasteiger partial charge < -0.3 is 9.47 Å². The van der Waals surface area contributed by atoms with E-state index in [4.69, 9.17) is 9.47 Å². The molecule has 0 spiro atoms. The Morgan fingerprint density at radius 1 is 1.00 bits per heavy atom. The van der Waals surface area contributed by atoms with Gasteiger partial charge in [0.15, 0.2) is 17.3 Å². The molecule has 1 aromatic heterocycles. The van der Waals surface area contributed by atoms with Crippen molar-refractivity contribution in [3.8, 4) is 11.5 Å². The second kappa shape index (κ2) is 9.12. The maximum Gasteiger partial charge on any atom is 0.173 e. The molecule has 1 aromatic carbocycles. The summed E-state index contributed by atoms with van der Waals surface area (Å²) in [4.78, 5) is 5.17. The summed E-state index contributed by atoms with van der Waals surface area (Å²) in [5, 5.41) is 12.9. The number of tetrazole rings is 1. The quantitative estimate of drug-likeness (QED) is 0.700. The number of aromatic nitrogens is 4. The summed E-state index contributed by atoms with van der Waals surface area (Å²) in [6.45, 7) is 10.5. The largest absolute Gasteiger partial charge is 0.493 e. The minimum absolute atomic E-state index is 0.106. The number of para-hydroxylation sites is 1. The van der Waals surface area contributed by atoms with Gasteiger partial charge in [-0.15, -0.1) is 5.10 Å². The predicted molar refractivity (Wildman–Crippen MR) is 120 cm³/mol. The average molecular weight is 429 g/mol. The predicted octanol–water partition coefficient (Wildman–Crippen LogP) is 3.09. The molecule has 1 saturated heterocycles. The molecule has 1 saturated carbocycles. The Morgan fingerprint density at radius 3 is 2.32 bits per heavy atom. The van der Waals surface area contributed by atoms with Gasteiger partial charge in [0.25, 0.3) is 0 Å². The van der Waals surface area contributed by atoms with Gasteiger partial charge in [0.05, 0.1) is 19.8 Å². The van der Waals surface area contributed by atoms with E-state index in [9.17, 15) is 0 Å². The van der Waals surface area contributed by atoms with Crippen molar-refractivity contribution in [1.29, 1.82) is 0 Å². The van der Waals surface area contributed by atoms with Crippen LogP contribution in [0.1, 0.15) is 63.9 Å². The van der Waals surface area contributed by atoms with E-state index in [2.05, 4.69) is 52.2 Å². The highest BCUT2D eigenvalue weighted by molar-refractivity contribution is 5.49. The molecule has 0 radical (unpaired) electrons. The Balaban J connectivity index is 1.71. The molecule has 170 valence electrons. The van der Waals surface area contributed by atoms with Gasteiger partial charge in [0.1, 0.15) is 6.04 Å². The Morgan fingerprint density at radius 2 is 1.71 bits per heavy atom. The summed E-state index contributed by atoms with van der Waals surface area (Å²) in [6.07, 6.45) is 5.43. The van der Waals surface area contributed by atoms with Crippen LogP contribution in [0.4, 0.5) is 0 Å². The van der Waals surface area contributed by atoms with Crippen LogP contribution < -0.4 is 9.47 Å². The number of hydrogen-bond donors (Lipinski definition) is 0. The van der Waals surface area contributed by atoms with Crippen molar-refractivity contribution in [1.82, 2.24) is 30.0 Å². The van der Waals surface area contributed by atoms with Crippen molar-refractivity contribution in [2.75, 3.05) is 40.4 Å². The van der Waals surface area contributed by atoms with Gasteiger partial charge in [0.2, 0.25) is 0 Å². The fourth-order valence-corrected chi connectivity index (χ4v) is 5.10. The lowest BCUT2D eigenvalue weighted by atomic mass is 9.99. The van der Waals surface area contributed by atoms with Crippen LogP contribution in [0.25, 0.3) is 0 Å². The Labute approximate surface area is 185 Å². The van der Waals surface area contributed by atoms with Gasteiger partial charge in [-0.1, -0.05) is 25.0 Å². The van der Waals surface area contributed by atoms with Crippen molar-refractivity contribution in [3.05, 3.63) is 29.6 Å². The number of rotatable bonds is 6. The van der Waals surface area contributed by atoms with Gasteiger partial charge in [0, 0.05) is 37.8 Å². The summed E-state index contributed by atoms with van der Waals surface area (Å²) >= 11 is 0. The Bertz CT molecular complexity index is 863. The van der Waals surface area contributed by atoms with E-state index in [0.717, 1.165) is 55.1 Å². The van der Waals surface area contributed by atoms with Gasteiger partial charge in [-0.2, -0.15) is 0 Å². The van der Waals surface area contributed by atoms with Crippen molar-refractivity contribution >= 4 is 0 Å². The van der Waals surface area contributed by atoms with E-state index in [1.807, 2.05) is 16.8 Å². The number of hydrogen-bond acceptors (Lipinski definition) is 7. The van der Waals surface area contributed by atoms with Crippen LogP contribution in [-0.2, 0) is 5.54 Å². The minimum atomic E-state index is -0.227. The third kappa shape index (κ3) is 4.41. The molecule has 4 rings (SSSR count). The molecule has 2 fully saturated rings. The van der Waals surface area contributed by atoms with Crippen LogP contribution in [0.2, 0.25) is 0 Å². The van der Waals surface area contributed by atoms with Crippen molar-refractivity contribution < 1.29 is 9.47 Å². The SMILES string of the molecule is COc1cccc(C(c2nnnn2C(C)(C)C)N2CCN(C3CCCC3)CC2)c1OC. The molecule has 2 heterocycles. The molecule has 1 unspecified atom stereocenters. The average Bonchev–Trinajstić information content (AvgIpc) is 3.46. The maximum atomic E-state index is 5.83. The van der Waals surface area contributed by atoms with Crippen molar-refractivity contribution in [2.45, 2.75) is 64.1 Å². The highest BCUT2D eigenvalue weighted by Crippen LogP contribution is 2.40. The fourth-order valence-electron chi connectivity index (χ4n) is 5.10. The van der Waals surface area contributed by atoms with E-state index >= 15 is 0 Å². The molecule has 2 aromatic rings. The molecule has 2 aliphatic rings. The topological polar surface area (TPSA) is 68.5 Å². The van der Waals surface area contributed by atoms with Crippen LogP contribution >= 0.6 is 0 Å². The molecule has 8 nitrogen and oxygen atoms in total. The van der Waals surface area contributed by atoms with E-state index in [1.165, 1.54) is 25.7 Å². The Hall–Kier alpha value is -2.19. The molecule has 1 aliphatic carbocycles. The smallest absolute Gasteiger partial charge is 0.173 e. The lowest BCUT2D eigenvalue weighted by Crippen LogP contribution is -2.51. The molecular weight excluding hydrogens is 392 g/mol. The number of methoxy groups -OCH3 is 2. The summed E-state index contributed by atoms with van der Waals surface area (Å²) < 4.78 is 13.4. The molecular formula is C23H36N6O2. The van der Waals surface area contributed by atoms with E-state index in [0.29, 0.717) is 0 Å². The third-order valence-electron chi connectivity index (χ3n) is 6.66. The minimum Gasteiger partial charge on any atom is -0.493 e. The van der Waals surface area contributed by atoms with Gasteiger partial charge in [-0.05, 0) is 50.1 Å². The molecule has 1 aliphatic heterocycles. The number of nitrogens with zero attached hydrogens (tertiary/aromatic N) is 6.